The van der Waals surface area contributed by atoms with Gasteiger partial charge in [-0.2, -0.15) is 0 Å². The van der Waals surface area contributed by atoms with Crippen LogP contribution >= 0.6 is 11.8 Å². The molecule has 1 saturated heterocycles. The van der Waals surface area contributed by atoms with Crippen LogP contribution in [0.25, 0.3) is 0 Å². The average Bonchev–Trinajstić information content (AvgIpc) is 3.06. The summed E-state index contributed by atoms with van der Waals surface area (Å²) in [6, 6.07) is 0. The Morgan fingerprint density at radius 1 is 1.19 bits per heavy atom. The van der Waals surface area contributed by atoms with Gasteiger partial charge in [0.15, 0.2) is 0 Å². The first-order chi connectivity index (χ1) is 13.2. The van der Waals surface area contributed by atoms with Crippen molar-refractivity contribution in [2.24, 2.45) is 4.99 Å². The molecule has 144 valence electrons. The molecule has 0 aromatic heterocycles. The first-order valence-electron chi connectivity index (χ1n) is 9.50. The van der Waals surface area contributed by atoms with Crippen LogP contribution in [0.2, 0.25) is 0 Å². The van der Waals surface area contributed by atoms with Crippen LogP contribution < -0.4 is 0 Å². The predicted molar refractivity (Wildman–Crippen MR) is 115 cm³/mol. The summed E-state index contributed by atoms with van der Waals surface area (Å²) in [6.45, 7) is 2.82. The van der Waals surface area contributed by atoms with Gasteiger partial charge >= 0.3 is 0 Å². The Morgan fingerprint density at radius 3 is 2.85 bits per heavy atom. The van der Waals surface area contributed by atoms with E-state index in [1.54, 1.807) is 0 Å². The Morgan fingerprint density at radius 2 is 2.04 bits per heavy atom. The van der Waals surface area contributed by atoms with Gasteiger partial charge in [0, 0.05) is 31.8 Å². The zero-order valence-electron chi connectivity index (χ0n) is 15.8. The van der Waals surface area contributed by atoms with E-state index in [-0.39, 0.29) is 12.2 Å². The van der Waals surface area contributed by atoms with Crippen LogP contribution in [0.1, 0.15) is 19.3 Å². The highest BCUT2D eigenvalue weighted by Gasteiger charge is 2.17. The highest BCUT2D eigenvalue weighted by Crippen LogP contribution is 2.17. The molecule has 3 rings (SSSR count). The summed E-state index contributed by atoms with van der Waals surface area (Å²) < 4.78 is 6.09. The largest absolute Gasteiger partial charge is 0.461 e. The van der Waals surface area contributed by atoms with Gasteiger partial charge in [0.25, 0.3) is 5.23 Å². The zero-order valence-corrected chi connectivity index (χ0v) is 16.6. The zero-order chi connectivity index (χ0) is 18.9. The van der Waals surface area contributed by atoms with Gasteiger partial charge in [0.05, 0.1) is 6.10 Å². The Bertz CT molecular complexity index is 708. The molecule has 4 nitrogen and oxygen atoms in total. The molecule has 0 spiro atoms. The van der Waals surface area contributed by atoms with Crippen LogP contribution in [-0.2, 0) is 4.74 Å². The van der Waals surface area contributed by atoms with Crippen molar-refractivity contribution in [3.8, 4) is 0 Å². The van der Waals surface area contributed by atoms with Gasteiger partial charge in [-0.05, 0) is 42.9 Å². The minimum atomic E-state index is -0.128. The first kappa shape index (κ1) is 19.9. The van der Waals surface area contributed by atoms with Gasteiger partial charge in [-0.25, -0.2) is 4.99 Å². The van der Waals surface area contributed by atoms with E-state index in [2.05, 4.69) is 46.3 Å². The molecule has 0 amide bonds. The molecular weight excluding hydrogens is 356 g/mol. The van der Waals surface area contributed by atoms with E-state index < -0.39 is 0 Å². The maximum absolute atomic E-state index is 9.65. The Hall–Kier alpha value is -1.82. The quantitative estimate of drug-likeness (QED) is 0.588. The number of ether oxygens (including phenoxy) is 1. The van der Waals surface area contributed by atoms with Gasteiger partial charge in [-0.3, -0.25) is 4.90 Å². The molecule has 1 unspecified atom stereocenters. The normalized spacial score (nSPS) is 24.4. The third-order valence-corrected chi connectivity index (χ3v) is 5.23. The number of piperidine rings is 1. The Kier molecular flexibility index (Phi) is 7.75. The smallest absolute Gasteiger partial charge is 0.251 e. The number of hydrogen-bond acceptors (Lipinski definition) is 5. The third kappa shape index (κ3) is 6.69. The second kappa shape index (κ2) is 10.5. The summed E-state index contributed by atoms with van der Waals surface area (Å²) in [5.41, 5.74) is 2.26. The molecule has 1 fully saturated rings. The molecule has 2 aliphatic carbocycles. The second-order valence-corrected chi connectivity index (χ2v) is 7.59. The van der Waals surface area contributed by atoms with E-state index in [1.807, 2.05) is 30.6 Å². The summed E-state index contributed by atoms with van der Waals surface area (Å²) in [4.78, 5) is 7.05. The molecule has 1 atom stereocenters. The molecule has 0 radical (unpaired) electrons. The van der Waals surface area contributed by atoms with E-state index in [9.17, 15) is 5.11 Å². The number of likely N-dealkylation sites (tertiary alicyclic amines) is 1. The number of rotatable bonds is 4. The molecule has 0 aromatic rings. The fraction of sp³-hybridized carbons (Fsp3) is 0.409. The SMILES string of the molecule is CSC(=NC1=CC=CC=CC1)OC1C=CC=C(CN2CCC(O)CC2)C=C1. The van der Waals surface area contributed by atoms with Gasteiger partial charge in [-0.15, -0.1) is 0 Å². The number of nitrogens with zero attached hydrogens (tertiary/aromatic N) is 2. The highest BCUT2D eigenvalue weighted by molar-refractivity contribution is 8.12. The van der Waals surface area contributed by atoms with Gasteiger partial charge < -0.3 is 9.84 Å². The summed E-state index contributed by atoms with van der Waals surface area (Å²) in [6.07, 6.45) is 24.9. The van der Waals surface area contributed by atoms with Crippen LogP contribution in [0.3, 0.4) is 0 Å². The molecule has 1 N–H and O–H groups in total. The van der Waals surface area contributed by atoms with Crippen molar-refractivity contribution in [2.45, 2.75) is 31.5 Å². The van der Waals surface area contributed by atoms with Crippen molar-refractivity contribution >= 4 is 17.0 Å². The monoisotopic (exact) mass is 384 g/mol. The fourth-order valence-corrected chi connectivity index (χ4v) is 3.57. The predicted octanol–water partition coefficient (Wildman–Crippen LogP) is 4.00. The topological polar surface area (TPSA) is 45.1 Å². The molecule has 27 heavy (non-hydrogen) atoms. The number of aliphatic hydroxyl groups excluding tert-OH is 1. The van der Waals surface area contributed by atoms with Crippen LogP contribution in [-0.4, -0.2) is 53.3 Å². The molecular formula is C22H28N2O2S. The van der Waals surface area contributed by atoms with Gasteiger partial charge in [0.2, 0.25) is 0 Å². The lowest BCUT2D eigenvalue weighted by atomic mass is 10.1. The van der Waals surface area contributed by atoms with Crippen molar-refractivity contribution in [3.63, 3.8) is 0 Å². The summed E-state index contributed by atoms with van der Waals surface area (Å²) in [7, 11) is 0. The molecule has 0 aromatic carbocycles. The van der Waals surface area contributed by atoms with Crippen molar-refractivity contribution in [1.82, 2.24) is 4.90 Å². The van der Waals surface area contributed by atoms with Crippen molar-refractivity contribution < 1.29 is 9.84 Å². The second-order valence-electron chi connectivity index (χ2n) is 6.83. The summed E-state index contributed by atoms with van der Waals surface area (Å²) in [5, 5.41) is 10.3. The minimum absolute atomic E-state index is 0.120. The highest BCUT2D eigenvalue weighted by atomic mass is 32.2. The lowest BCUT2D eigenvalue weighted by Crippen LogP contribution is -2.36. The first-order valence-corrected chi connectivity index (χ1v) is 10.7. The minimum Gasteiger partial charge on any atom is -0.461 e. The fourth-order valence-electron chi connectivity index (χ4n) is 3.15. The third-order valence-electron chi connectivity index (χ3n) is 4.69. The van der Waals surface area contributed by atoms with Crippen molar-refractivity contribution in [2.75, 3.05) is 25.9 Å². The summed E-state index contributed by atoms with van der Waals surface area (Å²) >= 11 is 1.52. The number of hydrogen-bond donors (Lipinski definition) is 1. The van der Waals surface area contributed by atoms with E-state index in [0.29, 0.717) is 5.23 Å². The standard InChI is InChI=1S/C22H28N2O2S/c1-27-22(23-19-8-4-2-3-5-9-19)26-21-10-6-7-18(11-12-21)17-24-15-13-20(25)14-16-24/h2-8,10-12,20-21,25H,9,13-17H2,1H3. The Labute approximate surface area is 166 Å². The van der Waals surface area contributed by atoms with E-state index in [1.165, 1.54) is 17.3 Å². The van der Waals surface area contributed by atoms with Crippen LogP contribution in [0.15, 0.2) is 77.0 Å². The van der Waals surface area contributed by atoms with Crippen molar-refractivity contribution in [1.29, 1.82) is 0 Å². The summed E-state index contributed by atoms with van der Waals surface area (Å²) in [5.74, 6) is 0. The number of aliphatic hydroxyl groups is 1. The van der Waals surface area contributed by atoms with E-state index >= 15 is 0 Å². The number of aliphatic imine (C=N–C) groups is 1. The van der Waals surface area contributed by atoms with E-state index in [4.69, 9.17) is 4.74 Å². The van der Waals surface area contributed by atoms with Crippen LogP contribution in [0, 0.1) is 0 Å². The van der Waals surface area contributed by atoms with Gasteiger partial charge in [-0.1, -0.05) is 54.3 Å². The maximum Gasteiger partial charge on any atom is 0.251 e. The van der Waals surface area contributed by atoms with E-state index in [0.717, 1.165) is 44.6 Å². The number of thioether (sulfide) groups is 1. The van der Waals surface area contributed by atoms with Gasteiger partial charge in [0.1, 0.15) is 6.10 Å². The van der Waals surface area contributed by atoms with Crippen molar-refractivity contribution in [3.05, 3.63) is 72.0 Å². The molecule has 1 aliphatic heterocycles. The van der Waals surface area contributed by atoms with Crippen LogP contribution in [0.5, 0.6) is 0 Å². The number of allylic oxidation sites excluding steroid dienone is 7. The van der Waals surface area contributed by atoms with Crippen LogP contribution in [0.4, 0.5) is 0 Å². The lowest BCUT2D eigenvalue weighted by molar-refractivity contribution is 0.0872. The molecule has 3 aliphatic rings. The molecule has 0 bridgehead atoms. The molecule has 5 heteroatoms. The lowest BCUT2D eigenvalue weighted by Gasteiger charge is -2.29. The average molecular weight is 385 g/mol. The Balaban J connectivity index is 1.56. The maximum atomic E-state index is 9.65. The molecule has 1 heterocycles. The molecule has 0 saturated carbocycles.